The summed E-state index contributed by atoms with van der Waals surface area (Å²) in [6.45, 7) is 9.26. The molecular weight excluding hydrogens is 232 g/mol. The monoisotopic (exact) mass is 256 g/mol. The maximum atomic E-state index is 10.8. The average Bonchev–Trinajstić information content (AvgIpc) is 2.28. The highest BCUT2D eigenvalue weighted by molar-refractivity contribution is 5.65. The lowest BCUT2D eigenvalue weighted by atomic mass is 9.88. The van der Waals surface area contributed by atoms with Crippen LogP contribution in [0.1, 0.15) is 26.7 Å². The molecule has 5 heteroatoms. The lowest BCUT2D eigenvalue weighted by Crippen LogP contribution is -2.50. The number of rotatable bonds is 2. The Morgan fingerprint density at radius 2 is 2.00 bits per heavy atom. The molecule has 0 aliphatic carbocycles. The van der Waals surface area contributed by atoms with Crippen molar-refractivity contribution in [2.45, 2.75) is 32.3 Å². The molecule has 0 saturated carbocycles. The van der Waals surface area contributed by atoms with E-state index in [1.807, 2.05) is 0 Å². The lowest BCUT2D eigenvalue weighted by molar-refractivity contribution is -0.0778. The molecule has 0 aromatic rings. The third kappa shape index (κ3) is 3.59. The summed E-state index contributed by atoms with van der Waals surface area (Å²) in [5, 5.41) is 8.91. The van der Waals surface area contributed by atoms with Crippen molar-refractivity contribution in [3.8, 4) is 0 Å². The van der Waals surface area contributed by atoms with E-state index in [4.69, 9.17) is 9.84 Å². The molecule has 0 bridgehead atoms. The van der Waals surface area contributed by atoms with Crippen LogP contribution in [-0.2, 0) is 4.74 Å². The fourth-order valence-electron chi connectivity index (χ4n) is 3.00. The average molecular weight is 256 g/mol. The molecule has 1 unspecified atom stereocenters. The number of carboxylic acid groups (broad SMARTS) is 1. The van der Waals surface area contributed by atoms with Gasteiger partial charge >= 0.3 is 6.09 Å². The van der Waals surface area contributed by atoms with Gasteiger partial charge < -0.3 is 14.7 Å². The molecule has 5 nitrogen and oxygen atoms in total. The summed E-state index contributed by atoms with van der Waals surface area (Å²) in [7, 11) is 0. The molecule has 1 amide bonds. The number of piperazine rings is 1. The molecule has 2 aliphatic rings. The van der Waals surface area contributed by atoms with Crippen molar-refractivity contribution in [1.82, 2.24) is 9.80 Å². The number of amides is 1. The third-order valence-electron chi connectivity index (χ3n) is 3.96. The second kappa shape index (κ2) is 5.45. The van der Waals surface area contributed by atoms with Crippen LogP contribution in [0.2, 0.25) is 0 Å². The van der Waals surface area contributed by atoms with Crippen LogP contribution in [-0.4, -0.2) is 65.9 Å². The van der Waals surface area contributed by atoms with E-state index in [1.54, 1.807) is 0 Å². The van der Waals surface area contributed by atoms with Gasteiger partial charge in [-0.1, -0.05) is 0 Å². The van der Waals surface area contributed by atoms with Gasteiger partial charge in [0.1, 0.15) is 0 Å². The minimum absolute atomic E-state index is 0.00576. The summed E-state index contributed by atoms with van der Waals surface area (Å²) < 4.78 is 5.73. The smallest absolute Gasteiger partial charge is 0.407 e. The van der Waals surface area contributed by atoms with Gasteiger partial charge in [0.25, 0.3) is 0 Å². The highest BCUT2D eigenvalue weighted by atomic mass is 16.5. The Labute approximate surface area is 109 Å². The van der Waals surface area contributed by atoms with Gasteiger partial charge in [-0.2, -0.15) is 0 Å². The van der Waals surface area contributed by atoms with Crippen molar-refractivity contribution in [2.24, 2.45) is 5.92 Å². The molecule has 2 heterocycles. The van der Waals surface area contributed by atoms with Crippen LogP contribution in [0, 0.1) is 5.92 Å². The van der Waals surface area contributed by atoms with E-state index < -0.39 is 6.09 Å². The van der Waals surface area contributed by atoms with Gasteiger partial charge in [-0.15, -0.1) is 0 Å². The molecule has 0 aromatic carbocycles. The summed E-state index contributed by atoms with van der Waals surface area (Å²) in [6.07, 6.45) is 1.44. The molecule has 18 heavy (non-hydrogen) atoms. The lowest BCUT2D eigenvalue weighted by Gasteiger charge is -2.40. The largest absolute Gasteiger partial charge is 0.465 e. The molecule has 0 aromatic heterocycles. The van der Waals surface area contributed by atoms with Gasteiger partial charge in [-0.25, -0.2) is 4.79 Å². The van der Waals surface area contributed by atoms with E-state index in [0.717, 1.165) is 39.1 Å². The summed E-state index contributed by atoms with van der Waals surface area (Å²) in [4.78, 5) is 14.7. The topological polar surface area (TPSA) is 53.0 Å². The van der Waals surface area contributed by atoms with Gasteiger partial charge in [0, 0.05) is 39.3 Å². The summed E-state index contributed by atoms with van der Waals surface area (Å²) in [5.74, 6) is 0.685. The maximum Gasteiger partial charge on any atom is 0.407 e. The van der Waals surface area contributed by atoms with Crippen LogP contribution < -0.4 is 0 Å². The second-order valence-corrected chi connectivity index (χ2v) is 6.04. The Bertz CT molecular complexity index is 299. The zero-order valence-corrected chi connectivity index (χ0v) is 11.4. The van der Waals surface area contributed by atoms with Crippen LogP contribution in [0.5, 0.6) is 0 Å². The maximum absolute atomic E-state index is 10.8. The molecule has 0 spiro atoms. The third-order valence-corrected chi connectivity index (χ3v) is 3.96. The predicted molar refractivity (Wildman–Crippen MR) is 68.8 cm³/mol. The van der Waals surface area contributed by atoms with Gasteiger partial charge in [0.15, 0.2) is 0 Å². The summed E-state index contributed by atoms with van der Waals surface area (Å²) >= 11 is 0. The van der Waals surface area contributed by atoms with Crippen molar-refractivity contribution in [2.75, 3.05) is 39.3 Å². The van der Waals surface area contributed by atoms with Crippen LogP contribution >= 0.6 is 0 Å². The Morgan fingerprint density at radius 3 is 2.56 bits per heavy atom. The van der Waals surface area contributed by atoms with Crippen molar-refractivity contribution in [3.05, 3.63) is 0 Å². The van der Waals surface area contributed by atoms with Crippen LogP contribution in [0.3, 0.4) is 0 Å². The molecule has 2 aliphatic heterocycles. The van der Waals surface area contributed by atoms with E-state index in [0.29, 0.717) is 19.0 Å². The SMILES string of the molecule is CC1(C)CC(CN2CCN(C(=O)O)CC2)CCO1. The first-order chi connectivity index (χ1) is 8.46. The van der Waals surface area contributed by atoms with Crippen LogP contribution in [0.25, 0.3) is 0 Å². The van der Waals surface area contributed by atoms with Gasteiger partial charge in [-0.3, -0.25) is 4.90 Å². The molecular formula is C13H24N2O3. The summed E-state index contributed by atoms with van der Waals surface area (Å²) in [5.41, 5.74) is 0.00576. The normalized spacial score (nSPS) is 29.2. The quantitative estimate of drug-likeness (QED) is 0.813. The highest BCUT2D eigenvalue weighted by Gasteiger charge is 2.30. The van der Waals surface area contributed by atoms with E-state index >= 15 is 0 Å². The Hall–Kier alpha value is -0.810. The molecule has 2 saturated heterocycles. The van der Waals surface area contributed by atoms with Crippen LogP contribution in [0.4, 0.5) is 4.79 Å². The summed E-state index contributed by atoms with van der Waals surface area (Å²) in [6, 6.07) is 0. The van der Waals surface area contributed by atoms with Gasteiger partial charge in [0.2, 0.25) is 0 Å². The van der Waals surface area contributed by atoms with E-state index in [2.05, 4.69) is 18.7 Å². The van der Waals surface area contributed by atoms with Crippen LogP contribution in [0.15, 0.2) is 0 Å². The second-order valence-electron chi connectivity index (χ2n) is 6.04. The zero-order chi connectivity index (χ0) is 13.2. The Morgan fingerprint density at radius 1 is 1.33 bits per heavy atom. The number of ether oxygens (including phenoxy) is 1. The van der Waals surface area contributed by atoms with E-state index in [9.17, 15) is 4.79 Å². The Kier molecular flexibility index (Phi) is 4.12. The van der Waals surface area contributed by atoms with Crippen molar-refractivity contribution >= 4 is 6.09 Å². The van der Waals surface area contributed by atoms with Crippen molar-refractivity contribution < 1.29 is 14.6 Å². The minimum Gasteiger partial charge on any atom is -0.465 e. The van der Waals surface area contributed by atoms with Gasteiger partial charge in [-0.05, 0) is 32.6 Å². The fourth-order valence-corrected chi connectivity index (χ4v) is 3.00. The van der Waals surface area contributed by atoms with Gasteiger partial charge in [0.05, 0.1) is 5.60 Å². The zero-order valence-electron chi connectivity index (χ0n) is 11.4. The highest BCUT2D eigenvalue weighted by Crippen LogP contribution is 2.29. The number of carbonyl (C=O) groups is 1. The van der Waals surface area contributed by atoms with Crippen molar-refractivity contribution in [3.63, 3.8) is 0 Å². The van der Waals surface area contributed by atoms with E-state index in [1.165, 1.54) is 4.90 Å². The first-order valence-corrected chi connectivity index (χ1v) is 6.80. The number of hydrogen-bond acceptors (Lipinski definition) is 3. The van der Waals surface area contributed by atoms with E-state index in [-0.39, 0.29) is 5.60 Å². The Balaban J connectivity index is 1.76. The van der Waals surface area contributed by atoms with Crippen molar-refractivity contribution in [1.29, 1.82) is 0 Å². The molecule has 1 atom stereocenters. The molecule has 0 radical (unpaired) electrons. The standard InChI is InChI=1S/C13H24N2O3/c1-13(2)9-11(3-8-18-13)10-14-4-6-15(7-5-14)12(16)17/h11H,3-10H2,1-2H3,(H,16,17). The molecule has 2 rings (SSSR count). The molecule has 104 valence electrons. The first kappa shape index (κ1) is 13.6. The number of hydrogen-bond donors (Lipinski definition) is 1. The fraction of sp³-hybridized carbons (Fsp3) is 0.923. The molecule has 2 fully saturated rings. The predicted octanol–water partition coefficient (Wildman–Crippen LogP) is 1.49. The minimum atomic E-state index is -0.790. The number of nitrogens with zero attached hydrogens (tertiary/aromatic N) is 2. The first-order valence-electron chi connectivity index (χ1n) is 6.80. The molecule has 1 N–H and O–H groups in total.